The maximum Gasteiger partial charge on any atom is 0.282 e. The minimum Gasteiger partial charge on any atom is -0.337 e. The van der Waals surface area contributed by atoms with Gasteiger partial charge in [0, 0.05) is 12.2 Å². The number of halogens is 1. The largest absolute Gasteiger partial charge is 0.337 e. The molecular weight excluding hydrogens is 415 g/mol. The van der Waals surface area contributed by atoms with Crippen LogP contribution in [0.4, 0.5) is 15.8 Å². The normalized spacial score (nSPS) is 13.7. The monoisotopic (exact) mass is 442 g/mol. The number of unbranched alkanes of at least 4 members (excludes halogenated alkanes) is 1. The van der Waals surface area contributed by atoms with Gasteiger partial charge >= 0.3 is 0 Å². The molecule has 3 aromatic rings. The highest BCUT2D eigenvalue weighted by Crippen LogP contribution is 2.36. The van der Waals surface area contributed by atoms with Crippen molar-refractivity contribution in [2.45, 2.75) is 33.1 Å². The van der Waals surface area contributed by atoms with Gasteiger partial charge in [0.25, 0.3) is 11.8 Å². The Bertz CT molecular complexity index is 1170. The van der Waals surface area contributed by atoms with Gasteiger partial charge in [0.15, 0.2) is 0 Å². The SMILES string of the molecule is CCCCc1ccc(N2C(=O)C(c3ccc(F)cc3)=C(N(CC)c3ccccc3)C2=O)cc1. The second kappa shape index (κ2) is 9.82. The molecule has 0 bridgehead atoms. The van der Waals surface area contributed by atoms with E-state index in [0.717, 1.165) is 24.9 Å². The first-order valence-corrected chi connectivity index (χ1v) is 11.4. The third kappa shape index (κ3) is 4.44. The fourth-order valence-electron chi connectivity index (χ4n) is 4.15. The highest BCUT2D eigenvalue weighted by Gasteiger charge is 2.42. The number of hydrogen-bond acceptors (Lipinski definition) is 3. The zero-order valence-electron chi connectivity index (χ0n) is 18.9. The summed E-state index contributed by atoms with van der Waals surface area (Å²) in [6.45, 7) is 4.57. The van der Waals surface area contributed by atoms with E-state index in [4.69, 9.17) is 0 Å². The quantitative estimate of drug-likeness (QED) is 0.403. The minimum absolute atomic E-state index is 0.278. The molecule has 3 aromatic carbocycles. The lowest BCUT2D eigenvalue weighted by molar-refractivity contribution is -0.120. The molecule has 1 aliphatic heterocycles. The number of para-hydroxylation sites is 1. The Hall–Kier alpha value is -3.73. The highest BCUT2D eigenvalue weighted by molar-refractivity contribution is 6.46. The summed E-state index contributed by atoms with van der Waals surface area (Å²) in [5, 5.41) is 0. The lowest BCUT2D eigenvalue weighted by atomic mass is 10.0. The molecule has 5 heteroatoms. The third-order valence-electron chi connectivity index (χ3n) is 5.86. The first-order valence-electron chi connectivity index (χ1n) is 11.4. The maximum atomic E-state index is 13.7. The number of amides is 2. The van der Waals surface area contributed by atoms with E-state index in [1.165, 1.54) is 22.6 Å². The number of imide groups is 1. The minimum atomic E-state index is -0.405. The summed E-state index contributed by atoms with van der Waals surface area (Å²) in [5.74, 6) is -1.18. The van der Waals surface area contributed by atoms with Gasteiger partial charge in [-0.25, -0.2) is 9.29 Å². The standard InChI is InChI=1S/C28H27FN2O2/c1-3-5-9-20-12-18-24(19-13-20)31-27(32)25(21-14-16-22(29)17-15-21)26(28(31)33)30(4-2)23-10-7-6-8-11-23/h6-8,10-19H,3-5,9H2,1-2H3. The van der Waals surface area contributed by atoms with Gasteiger partial charge in [-0.05, 0) is 67.3 Å². The van der Waals surface area contributed by atoms with Gasteiger partial charge in [-0.15, -0.1) is 0 Å². The van der Waals surface area contributed by atoms with Crippen LogP contribution in [0.15, 0.2) is 84.6 Å². The van der Waals surface area contributed by atoms with Crippen LogP contribution in [0.5, 0.6) is 0 Å². The van der Waals surface area contributed by atoms with Crippen LogP contribution in [0.1, 0.15) is 37.8 Å². The van der Waals surface area contributed by atoms with E-state index >= 15 is 0 Å². The van der Waals surface area contributed by atoms with Gasteiger partial charge in [0.05, 0.1) is 11.3 Å². The molecule has 0 saturated heterocycles. The van der Waals surface area contributed by atoms with Crippen molar-refractivity contribution in [3.63, 3.8) is 0 Å². The van der Waals surface area contributed by atoms with Crippen LogP contribution in [0, 0.1) is 5.82 Å². The molecule has 4 nitrogen and oxygen atoms in total. The lowest BCUT2D eigenvalue weighted by Crippen LogP contribution is -2.35. The summed E-state index contributed by atoms with van der Waals surface area (Å²) in [7, 11) is 0. The number of carbonyl (C=O) groups excluding carboxylic acids is 2. The first-order chi connectivity index (χ1) is 16.0. The Morgan fingerprint density at radius 3 is 2.09 bits per heavy atom. The Balaban J connectivity index is 1.80. The second-order valence-corrected chi connectivity index (χ2v) is 8.03. The number of anilines is 2. The van der Waals surface area contributed by atoms with Crippen molar-refractivity contribution in [1.29, 1.82) is 0 Å². The molecule has 2 amide bonds. The van der Waals surface area contributed by atoms with Crippen LogP contribution in [0.2, 0.25) is 0 Å². The van der Waals surface area contributed by atoms with Crippen molar-refractivity contribution in [3.05, 3.63) is 102 Å². The highest BCUT2D eigenvalue weighted by atomic mass is 19.1. The molecule has 0 aromatic heterocycles. The van der Waals surface area contributed by atoms with Crippen molar-refractivity contribution in [3.8, 4) is 0 Å². The molecule has 0 saturated carbocycles. The number of likely N-dealkylation sites (N-methyl/N-ethyl adjacent to an activating group) is 1. The van der Waals surface area contributed by atoms with E-state index in [-0.39, 0.29) is 11.5 Å². The van der Waals surface area contributed by atoms with Crippen LogP contribution in [0.3, 0.4) is 0 Å². The number of aryl methyl sites for hydroxylation is 1. The van der Waals surface area contributed by atoms with Crippen molar-refractivity contribution >= 4 is 28.8 Å². The van der Waals surface area contributed by atoms with E-state index < -0.39 is 11.7 Å². The first kappa shape index (κ1) is 22.5. The lowest BCUT2D eigenvalue weighted by Gasteiger charge is -2.25. The zero-order chi connectivity index (χ0) is 23.4. The van der Waals surface area contributed by atoms with Gasteiger partial charge in [-0.3, -0.25) is 9.59 Å². The Labute approximate surface area is 194 Å². The molecule has 33 heavy (non-hydrogen) atoms. The predicted molar refractivity (Wildman–Crippen MR) is 130 cm³/mol. The van der Waals surface area contributed by atoms with E-state index in [1.807, 2.05) is 66.4 Å². The number of rotatable bonds is 8. The van der Waals surface area contributed by atoms with Gasteiger partial charge in [0.1, 0.15) is 11.5 Å². The molecule has 0 fully saturated rings. The smallest absolute Gasteiger partial charge is 0.282 e. The van der Waals surface area contributed by atoms with E-state index in [1.54, 1.807) is 12.1 Å². The van der Waals surface area contributed by atoms with Crippen LogP contribution in [-0.2, 0) is 16.0 Å². The number of carbonyl (C=O) groups is 2. The topological polar surface area (TPSA) is 40.6 Å². The third-order valence-corrected chi connectivity index (χ3v) is 5.86. The molecular formula is C28H27FN2O2. The van der Waals surface area contributed by atoms with Crippen LogP contribution < -0.4 is 9.80 Å². The van der Waals surface area contributed by atoms with Crippen LogP contribution in [0.25, 0.3) is 5.57 Å². The summed E-state index contributed by atoms with van der Waals surface area (Å²) >= 11 is 0. The van der Waals surface area contributed by atoms with Gasteiger partial charge < -0.3 is 4.90 Å². The van der Waals surface area contributed by atoms with Gasteiger partial charge in [-0.2, -0.15) is 0 Å². The predicted octanol–water partition coefficient (Wildman–Crippen LogP) is 5.98. The number of benzene rings is 3. The molecule has 0 radical (unpaired) electrons. The van der Waals surface area contributed by atoms with E-state index in [2.05, 4.69) is 6.92 Å². The van der Waals surface area contributed by atoms with E-state index in [9.17, 15) is 14.0 Å². The van der Waals surface area contributed by atoms with Crippen LogP contribution in [-0.4, -0.2) is 18.4 Å². The van der Waals surface area contributed by atoms with Crippen molar-refractivity contribution in [1.82, 2.24) is 0 Å². The maximum absolute atomic E-state index is 13.7. The van der Waals surface area contributed by atoms with Crippen molar-refractivity contribution < 1.29 is 14.0 Å². The Morgan fingerprint density at radius 1 is 0.818 bits per heavy atom. The van der Waals surface area contributed by atoms with Crippen molar-refractivity contribution in [2.75, 3.05) is 16.3 Å². The zero-order valence-corrected chi connectivity index (χ0v) is 18.9. The fraction of sp³-hybridized carbons (Fsp3) is 0.214. The molecule has 0 unspecified atom stereocenters. The molecule has 0 spiro atoms. The molecule has 1 heterocycles. The summed E-state index contributed by atoms with van der Waals surface area (Å²) in [6.07, 6.45) is 3.15. The molecule has 0 aliphatic carbocycles. The summed E-state index contributed by atoms with van der Waals surface area (Å²) in [4.78, 5) is 30.4. The molecule has 4 rings (SSSR count). The average Bonchev–Trinajstić information content (AvgIpc) is 3.10. The summed E-state index contributed by atoms with van der Waals surface area (Å²) in [6, 6.07) is 22.8. The number of nitrogens with zero attached hydrogens (tertiary/aromatic N) is 2. The summed E-state index contributed by atoms with van der Waals surface area (Å²) < 4.78 is 13.6. The number of hydrogen-bond donors (Lipinski definition) is 0. The molecule has 168 valence electrons. The average molecular weight is 443 g/mol. The molecule has 1 aliphatic rings. The van der Waals surface area contributed by atoms with Gasteiger partial charge in [0.2, 0.25) is 0 Å². The Morgan fingerprint density at radius 2 is 1.48 bits per heavy atom. The second-order valence-electron chi connectivity index (χ2n) is 8.03. The van der Waals surface area contributed by atoms with Gasteiger partial charge in [-0.1, -0.05) is 55.8 Å². The van der Waals surface area contributed by atoms with E-state index in [0.29, 0.717) is 23.5 Å². The fourth-order valence-corrected chi connectivity index (χ4v) is 4.15. The molecule has 0 N–H and O–H groups in total. The Kier molecular flexibility index (Phi) is 6.68. The van der Waals surface area contributed by atoms with Crippen molar-refractivity contribution in [2.24, 2.45) is 0 Å². The van der Waals surface area contributed by atoms with Crippen LogP contribution >= 0.6 is 0 Å². The molecule has 0 atom stereocenters. The summed E-state index contributed by atoms with van der Waals surface area (Å²) in [5.41, 5.74) is 3.61.